The Morgan fingerprint density at radius 3 is 2.66 bits per heavy atom. The third-order valence-corrected chi connectivity index (χ3v) is 4.81. The van der Waals surface area contributed by atoms with Crippen LogP contribution >= 0.6 is 0 Å². The quantitative estimate of drug-likeness (QED) is 0.558. The van der Waals surface area contributed by atoms with E-state index in [-0.39, 0.29) is 5.83 Å². The number of allylic oxidation sites excluding steroid dienone is 5. The van der Waals surface area contributed by atoms with Crippen LogP contribution in [0.1, 0.15) is 35.1 Å². The van der Waals surface area contributed by atoms with Gasteiger partial charge in [0.05, 0.1) is 22.8 Å². The number of aromatic nitrogens is 4. The van der Waals surface area contributed by atoms with Crippen LogP contribution < -0.4 is 5.32 Å². The molecular formula is C23H26FN5. The van der Waals surface area contributed by atoms with Gasteiger partial charge in [-0.25, -0.2) is 14.1 Å². The van der Waals surface area contributed by atoms with Gasteiger partial charge in [-0.3, -0.25) is 4.98 Å². The van der Waals surface area contributed by atoms with E-state index in [0.29, 0.717) is 12.2 Å². The lowest BCUT2D eigenvalue weighted by Gasteiger charge is -2.13. The number of hydrogen-bond acceptors (Lipinski definition) is 4. The first-order valence-corrected chi connectivity index (χ1v) is 9.53. The second kappa shape index (κ2) is 8.39. The van der Waals surface area contributed by atoms with Gasteiger partial charge >= 0.3 is 0 Å². The molecule has 3 aromatic rings. The zero-order chi connectivity index (χ0) is 21.1. The fourth-order valence-electron chi connectivity index (χ4n) is 3.35. The highest BCUT2D eigenvalue weighted by Gasteiger charge is 2.15. The topological polar surface area (TPSA) is 55.6 Å². The molecule has 0 fully saturated rings. The zero-order valence-corrected chi connectivity index (χ0v) is 17.5. The summed E-state index contributed by atoms with van der Waals surface area (Å²) in [5.74, 6) is -0.324. The second-order valence-electron chi connectivity index (χ2n) is 7.06. The molecule has 0 atom stereocenters. The molecule has 0 aromatic carbocycles. The van der Waals surface area contributed by atoms with Crippen molar-refractivity contribution in [1.82, 2.24) is 19.7 Å². The van der Waals surface area contributed by atoms with Crippen molar-refractivity contribution in [1.29, 1.82) is 0 Å². The average Bonchev–Trinajstić information content (AvgIpc) is 3.01. The Kier molecular flexibility index (Phi) is 5.92. The molecule has 0 spiro atoms. The highest BCUT2D eigenvalue weighted by molar-refractivity contribution is 5.85. The summed E-state index contributed by atoms with van der Waals surface area (Å²) in [7, 11) is 0. The van der Waals surface area contributed by atoms with Crippen LogP contribution in [-0.4, -0.2) is 19.7 Å². The minimum atomic E-state index is -0.324. The molecule has 0 radical (unpaired) electrons. The lowest BCUT2D eigenvalue weighted by atomic mass is 10.1. The standard InChI is InChI=1S/C23H26FN5/c1-7-20(24)9-8-16(4)29-23-21(17(5)28-29)19(12-15(3)27-23)13-26-22-14(2)10-11-25-18(22)6/h7-12,26H,4,13H2,1-3,5-6H3. The SMILES string of the molecule is C=C(C=CC(F)=CC)n1nc(C)c2c(CNc3c(C)ccnc3C)cc(C)nc21. The molecule has 6 heteroatoms. The van der Waals surface area contributed by atoms with Crippen molar-refractivity contribution in [3.63, 3.8) is 0 Å². The Morgan fingerprint density at radius 2 is 1.97 bits per heavy atom. The number of pyridine rings is 2. The van der Waals surface area contributed by atoms with Gasteiger partial charge in [-0.1, -0.05) is 12.7 Å². The maximum absolute atomic E-state index is 13.5. The maximum Gasteiger partial charge on any atom is 0.163 e. The van der Waals surface area contributed by atoms with Gasteiger partial charge in [0.2, 0.25) is 0 Å². The van der Waals surface area contributed by atoms with Crippen LogP contribution in [-0.2, 0) is 6.54 Å². The minimum Gasteiger partial charge on any atom is -0.379 e. The molecule has 0 saturated carbocycles. The third kappa shape index (κ3) is 4.26. The molecule has 0 aliphatic carbocycles. The highest BCUT2D eigenvalue weighted by Crippen LogP contribution is 2.26. The number of nitrogens with zero attached hydrogens (tertiary/aromatic N) is 4. The first kappa shape index (κ1) is 20.5. The van der Waals surface area contributed by atoms with Gasteiger partial charge in [-0.2, -0.15) is 5.10 Å². The molecule has 1 N–H and O–H groups in total. The summed E-state index contributed by atoms with van der Waals surface area (Å²) in [6.45, 7) is 14.2. The molecule has 0 aliphatic rings. The van der Waals surface area contributed by atoms with Crippen LogP contribution in [0.5, 0.6) is 0 Å². The van der Waals surface area contributed by atoms with E-state index < -0.39 is 0 Å². The Labute approximate surface area is 170 Å². The van der Waals surface area contributed by atoms with Gasteiger partial charge < -0.3 is 5.32 Å². The second-order valence-corrected chi connectivity index (χ2v) is 7.06. The summed E-state index contributed by atoms with van der Waals surface area (Å²) in [5.41, 5.74) is 7.24. The van der Waals surface area contributed by atoms with Crippen molar-refractivity contribution < 1.29 is 4.39 Å². The maximum atomic E-state index is 13.5. The molecule has 3 rings (SSSR count). The van der Waals surface area contributed by atoms with Crippen LogP contribution in [0.15, 0.2) is 49.0 Å². The summed E-state index contributed by atoms with van der Waals surface area (Å²) in [5, 5.41) is 9.09. The Hall–Kier alpha value is -3.28. The number of fused-ring (bicyclic) bond motifs is 1. The van der Waals surface area contributed by atoms with Crippen LogP contribution in [0.25, 0.3) is 16.7 Å². The summed E-state index contributed by atoms with van der Waals surface area (Å²) in [6.07, 6.45) is 6.18. The Bertz CT molecular complexity index is 1120. The van der Waals surface area contributed by atoms with E-state index in [1.807, 2.05) is 33.0 Å². The monoisotopic (exact) mass is 391 g/mol. The lowest BCUT2D eigenvalue weighted by molar-refractivity contribution is 0.665. The minimum absolute atomic E-state index is 0.324. The van der Waals surface area contributed by atoms with E-state index in [9.17, 15) is 4.39 Å². The lowest BCUT2D eigenvalue weighted by Crippen LogP contribution is -2.06. The number of nitrogens with one attached hydrogen (secondary N) is 1. The first-order chi connectivity index (χ1) is 13.8. The van der Waals surface area contributed by atoms with Gasteiger partial charge in [-0.15, -0.1) is 0 Å². The molecule has 29 heavy (non-hydrogen) atoms. The molecule has 5 nitrogen and oxygen atoms in total. The van der Waals surface area contributed by atoms with Crippen molar-refractivity contribution >= 4 is 22.4 Å². The summed E-state index contributed by atoms with van der Waals surface area (Å²) in [4.78, 5) is 9.05. The van der Waals surface area contributed by atoms with Gasteiger partial charge in [-0.05, 0) is 70.0 Å². The molecule has 150 valence electrons. The van der Waals surface area contributed by atoms with Crippen molar-refractivity contribution in [2.24, 2.45) is 0 Å². The molecule has 0 amide bonds. The van der Waals surface area contributed by atoms with Crippen molar-refractivity contribution in [2.75, 3.05) is 5.32 Å². The number of halogens is 1. The predicted molar refractivity (Wildman–Crippen MR) is 117 cm³/mol. The van der Waals surface area contributed by atoms with Gasteiger partial charge in [0, 0.05) is 23.8 Å². The first-order valence-electron chi connectivity index (χ1n) is 9.53. The Morgan fingerprint density at radius 1 is 1.21 bits per heavy atom. The number of anilines is 1. The van der Waals surface area contributed by atoms with Crippen molar-refractivity contribution in [3.8, 4) is 0 Å². The molecule has 3 heterocycles. The smallest absolute Gasteiger partial charge is 0.163 e. The summed E-state index contributed by atoms with van der Waals surface area (Å²) in [6, 6.07) is 4.06. The third-order valence-electron chi connectivity index (χ3n) is 4.81. The summed E-state index contributed by atoms with van der Waals surface area (Å²) < 4.78 is 15.1. The van der Waals surface area contributed by atoms with Crippen LogP contribution in [0.4, 0.5) is 10.1 Å². The number of aryl methyl sites for hydroxylation is 4. The van der Waals surface area contributed by atoms with E-state index in [1.54, 1.807) is 17.7 Å². The van der Waals surface area contributed by atoms with Crippen molar-refractivity contribution in [2.45, 2.75) is 41.2 Å². The molecule has 0 unspecified atom stereocenters. The molecule has 3 aromatic heterocycles. The highest BCUT2D eigenvalue weighted by atomic mass is 19.1. The summed E-state index contributed by atoms with van der Waals surface area (Å²) >= 11 is 0. The van der Waals surface area contributed by atoms with E-state index in [2.05, 4.69) is 40.0 Å². The number of rotatable bonds is 6. The van der Waals surface area contributed by atoms with E-state index in [1.165, 1.54) is 12.2 Å². The average molecular weight is 391 g/mol. The van der Waals surface area contributed by atoms with Crippen LogP contribution in [0.2, 0.25) is 0 Å². The van der Waals surface area contributed by atoms with Gasteiger partial charge in [0.25, 0.3) is 0 Å². The predicted octanol–water partition coefficient (Wildman–Crippen LogP) is 5.57. The molecular weight excluding hydrogens is 365 g/mol. The van der Waals surface area contributed by atoms with Crippen LogP contribution in [0.3, 0.4) is 0 Å². The van der Waals surface area contributed by atoms with E-state index in [0.717, 1.165) is 44.9 Å². The fourth-order valence-corrected chi connectivity index (χ4v) is 3.35. The van der Waals surface area contributed by atoms with E-state index in [4.69, 9.17) is 0 Å². The number of hydrogen-bond donors (Lipinski definition) is 1. The molecule has 0 saturated heterocycles. The van der Waals surface area contributed by atoms with Crippen LogP contribution in [0, 0.1) is 27.7 Å². The van der Waals surface area contributed by atoms with E-state index >= 15 is 0 Å². The Balaban J connectivity index is 2.01. The normalized spacial score (nSPS) is 12.1. The molecule has 0 bridgehead atoms. The fraction of sp³-hybridized carbons (Fsp3) is 0.261. The molecule has 0 aliphatic heterocycles. The van der Waals surface area contributed by atoms with Crippen molar-refractivity contribution in [3.05, 3.63) is 77.2 Å². The zero-order valence-electron chi connectivity index (χ0n) is 17.5. The van der Waals surface area contributed by atoms with Gasteiger partial charge in [0.1, 0.15) is 5.83 Å². The van der Waals surface area contributed by atoms with Gasteiger partial charge in [0.15, 0.2) is 5.65 Å². The largest absolute Gasteiger partial charge is 0.379 e.